The van der Waals surface area contributed by atoms with Gasteiger partial charge in [-0.05, 0) is 30.5 Å². The Morgan fingerprint density at radius 1 is 1.23 bits per heavy atom. The minimum atomic E-state index is -4.69. The Labute approximate surface area is 152 Å². The third kappa shape index (κ3) is 4.16. The molecule has 0 amide bonds. The number of nitrogens with one attached hydrogen (secondary N) is 1. The number of aromatic nitrogens is 4. The second-order valence-electron chi connectivity index (χ2n) is 5.42. The molecule has 6 nitrogen and oxygen atoms in total. The molecule has 2 aromatic heterocycles. The summed E-state index contributed by atoms with van der Waals surface area (Å²) >= 11 is 6.37. The molecule has 0 saturated carbocycles. The van der Waals surface area contributed by atoms with Crippen molar-refractivity contribution in [3.8, 4) is 5.75 Å². The highest BCUT2D eigenvalue weighted by Gasteiger charge is 2.30. The molecule has 0 bridgehead atoms. The normalized spacial score (nSPS) is 11.7. The topological polar surface area (TPSA) is 64.3 Å². The summed E-state index contributed by atoms with van der Waals surface area (Å²) in [5, 5.41) is 7.77. The fourth-order valence-corrected chi connectivity index (χ4v) is 2.76. The molecule has 0 radical (unpaired) electrons. The van der Waals surface area contributed by atoms with E-state index >= 15 is 0 Å². The molecule has 0 fully saturated rings. The van der Waals surface area contributed by atoms with Crippen molar-refractivity contribution in [2.75, 3.05) is 11.9 Å². The number of rotatable bonds is 6. The first-order valence-electron chi connectivity index (χ1n) is 7.84. The van der Waals surface area contributed by atoms with Gasteiger partial charge < -0.3 is 10.1 Å². The molecule has 0 saturated heterocycles. The van der Waals surface area contributed by atoms with Crippen LogP contribution >= 0.6 is 11.6 Å². The van der Waals surface area contributed by atoms with Gasteiger partial charge in [-0.2, -0.15) is 14.6 Å². The van der Waals surface area contributed by atoms with E-state index in [-0.39, 0.29) is 5.75 Å². The zero-order valence-electron chi connectivity index (χ0n) is 13.7. The van der Waals surface area contributed by atoms with Gasteiger partial charge >= 0.3 is 6.36 Å². The van der Waals surface area contributed by atoms with Gasteiger partial charge in [-0.15, -0.1) is 13.2 Å². The van der Waals surface area contributed by atoms with Crippen molar-refractivity contribution < 1.29 is 17.9 Å². The van der Waals surface area contributed by atoms with Crippen LogP contribution < -0.4 is 10.1 Å². The Kier molecular flexibility index (Phi) is 5.17. The molecule has 0 unspecified atom stereocenters. The number of anilines is 1. The predicted octanol–water partition coefficient (Wildman–Crippen LogP) is 3.89. The number of hydrogen-bond donors (Lipinski definition) is 1. The first-order chi connectivity index (χ1) is 12.4. The fraction of sp³-hybridized carbons (Fsp3) is 0.312. The highest BCUT2D eigenvalue weighted by Crippen LogP contribution is 2.26. The summed E-state index contributed by atoms with van der Waals surface area (Å²) in [6.45, 7) is 2.44. The van der Waals surface area contributed by atoms with E-state index < -0.39 is 6.36 Å². The number of halogens is 4. The number of alkyl halides is 3. The van der Waals surface area contributed by atoms with Crippen LogP contribution in [0.15, 0.2) is 30.6 Å². The molecule has 0 aliphatic heterocycles. The van der Waals surface area contributed by atoms with E-state index in [9.17, 15) is 13.2 Å². The predicted molar refractivity (Wildman–Crippen MR) is 90.5 cm³/mol. The molecule has 3 rings (SSSR count). The molecule has 0 aliphatic carbocycles. The van der Waals surface area contributed by atoms with Crippen molar-refractivity contribution in [3.63, 3.8) is 0 Å². The van der Waals surface area contributed by atoms with Crippen LogP contribution in [0.5, 0.6) is 5.75 Å². The van der Waals surface area contributed by atoms with Gasteiger partial charge in [0.05, 0.1) is 5.69 Å². The van der Waals surface area contributed by atoms with Crippen molar-refractivity contribution in [2.45, 2.75) is 26.1 Å². The molecular formula is C16H15ClF3N5O. The Bertz CT molecular complexity index is 895. The van der Waals surface area contributed by atoms with Gasteiger partial charge in [-0.3, -0.25) is 0 Å². The standard InChI is InChI=1S/C16H15ClF3N5O/c1-2-12-13(17)14(25-15(24-12)22-9-23-25)21-8-7-10-3-5-11(6-4-10)26-16(18,19)20/h3-6,9,21H,2,7-8H2,1H3. The highest BCUT2D eigenvalue weighted by molar-refractivity contribution is 6.33. The van der Waals surface area contributed by atoms with Crippen LogP contribution in [0.25, 0.3) is 5.78 Å². The molecule has 1 N–H and O–H groups in total. The summed E-state index contributed by atoms with van der Waals surface area (Å²) in [4.78, 5) is 8.40. The summed E-state index contributed by atoms with van der Waals surface area (Å²) in [6, 6.07) is 5.74. The zero-order valence-corrected chi connectivity index (χ0v) is 14.5. The van der Waals surface area contributed by atoms with Gasteiger partial charge in [0.15, 0.2) is 5.82 Å². The first-order valence-corrected chi connectivity index (χ1v) is 8.22. The van der Waals surface area contributed by atoms with E-state index in [4.69, 9.17) is 11.6 Å². The average Bonchev–Trinajstić information content (AvgIpc) is 3.05. The number of benzene rings is 1. The van der Waals surface area contributed by atoms with Crippen LogP contribution in [-0.4, -0.2) is 32.5 Å². The SMILES string of the molecule is CCc1nc2ncnn2c(NCCc2ccc(OC(F)(F)F)cc2)c1Cl. The van der Waals surface area contributed by atoms with E-state index in [2.05, 4.69) is 25.1 Å². The smallest absolute Gasteiger partial charge is 0.406 e. The Morgan fingerprint density at radius 2 is 1.96 bits per heavy atom. The lowest BCUT2D eigenvalue weighted by atomic mass is 10.1. The lowest BCUT2D eigenvalue weighted by Crippen LogP contribution is -2.17. The van der Waals surface area contributed by atoms with Crippen LogP contribution in [0.2, 0.25) is 5.02 Å². The Hall–Kier alpha value is -2.55. The third-order valence-electron chi connectivity index (χ3n) is 3.64. The van der Waals surface area contributed by atoms with E-state index in [1.807, 2.05) is 6.92 Å². The number of fused-ring (bicyclic) bond motifs is 1. The molecule has 138 valence electrons. The minimum Gasteiger partial charge on any atom is -0.406 e. The van der Waals surface area contributed by atoms with Crippen LogP contribution in [-0.2, 0) is 12.8 Å². The number of aryl methyl sites for hydroxylation is 1. The number of hydrogen-bond acceptors (Lipinski definition) is 5. The molecule has 0 atom stereocenters. The van der Waals surface area contributed by atoms with Gasteiger partial charge in [-0.25, -0.2) is 4.98 Å². The summed E-state index contributed by atoms with van der Waals surface area (Å²) < 4.78 is 41.9. The molecule has 3 aromatic rings. The van der Waals surface area contributed by atoms with Gasteiger partial charge in [0.2, 0.25) is 0 Å². The van der Waals surface area contributed by atoms with Crippen molar-refractivity contribution in [3.05, 3.63) is 46.9 Å². The van der Waals surface area contributed by atoms with E-state index in [1.165, 1.54) is 23.0 Å². The van der Waals surface area contributed by atoms with Crippen LogP contribution in [0, 0.1) is 0 Å². The number of nitrogens with zero attached hydrogens (tertiary/aromatic N) is 4. The molecule has 2 heterocycles. The summed E-state index contributed by atoms with van der Waals surface area (Å²) in [5.74, 6) is 0.786. The number of ether oxygens (including phenoxy) is 1. The van der Waals surface area contributed by atoms with Crippen LogP contribution in [0.3, 0.4) is 0 Å². The highest BCUT2D eigenvalue weighted by atomic mass is 35.5. The molecule has 26 heavy (non-hydrogen) atoms. The first kappa shape index (κ1) is 18.2. The molecule has 0 aliphatic rings. The average molecular weight is 386 g/mol. The lowest BCUT2D eigenvalue weighted by molar-refractivity contribution is -0.274. The zero-order chi connectivity index (χ0) is 18.7. The van der Waals surface area contributed by atoms with Gasteiger partial charge in [0.1, 0.15) is 17.1 Å². The van der Waals surface area contributed by atoms with Gasteiger partial charge in [-0.1, -0.05) is 30.7 Å². The Balaban J connectivity index is 1.68. The second kappa shape index (κ2) is 7.36. The van der Waals surface area contributed by atoms with Crippen molar-refractivity contribution in [1.29, 1.82) is 0 Å². The largest absolute Gasteiger partial charge is 0.573 e. The summed E-state index contributed by atoms with van der Waals surface area (Å²) in [6.07, 6.45) is -2.08. The van der Waals surface area contributed by atoms with E-state index in [0.29, 0.717) is 41.7 Å². The maximum atomic E-state index is 12.2. The maximum absolute atomic E-state index is 12.2. The molecule has 1 aromatic carbocycles. The van der Waals surface area contributed by atoms with Gasteiger partial charge in [0, 0.05) is 6.54 Å². The summed E-state index contributed by atoms with van der Waals surface area (Å²) in [7, 11) is 0. The monoisotopic (exact) mass is 385 g/mol. The van der Waals surface area contributed by atoms with Gasteiger partial charge in [0.25, 0.3) is 5.78 Å². The van der Waals surface area contributed by atoms with Crippen molar-refractivity contribution in [1.82, 2.24) is 19.6 Å². The maximum Gasteiger partial charge on any atom is 0.573 e. The van der Waals surface area contributed by atoms with Crippen molar-refractivity contribution in [2.24, 2.45) is 0 Å². The van der Waals surface area contributed by atoms with Crippen molar-refractivity contribution >= 4 is 23.2 Å². The fourth-order valence-electron chi connectivity index (χ4n) is 2.44. The molecular weight excluding hydrogens is 371 g/mol. The third-order valence-corrected chi connectivity index (χ3v) is 4.03. The lowest BCUT2D eigenvalue weighted by Gasteiger charge is -2.12. The minimum absolute atomic E-state index is 0.247. The quantitative estimate of drug-likeness (QED) is 0.697. The van der Waals surface area contributed by atoms with E-state index in [1.54, 1.807) is 12.1 Å². The molecule has 10 heteroatoms. The Morgan fingerprint density at radius 3 is 2.62 bits per heavy atom. The summed E-state index contributed by atoms with van der Waals surface area (Å²) in [5.41, 5.74) is 1.56. The molecule has 0 spiro atoms. The van der Waals surface area contributed by atoms with Crippen LogP contribution in [0.4, 0.5) is 19.0 Å². The van der Waals surface area contributed by atoms with E-state index in [0.717, 1.165) is 5.56 Å². The van der Waals surface area contributed by atoms with Crippen LogP contribution in [0.1, 0.15) is 18.2 Å². The second-order valence-corrected chi connectivity index (χ2v) is 5.79.